The van der Waals surface area contributed by atoms with Crippen molar-refractivity contribution < 1.29 is 9.53 Å². The Kier molecular flexibility index (Phi) is 6.00. The molecule has 1 aromatic carbocycles. The molecule has 0 unspecified atom stereocenters. The maximum Gasteiger partial charge on any atom is 0.198 e. The number of nitrogens with zero attached hydrogens (tertiary/aromatic N) is 4. The minimum atomic E-state index is -0.215. The SMILES string of the molecule is CCCSc1nc2sc3c(c2c2nnc(SCC(=O)c4ccccc4)n12)CC(C)(C)OC3. The Bertz CT molecular complexity index is 1300. The zero-order valence-corrected chi connectivity index (χ0v) is 20.7. The largest absolute Gasteiger partial charge is 0.370 e. The molecule has 32 heavy (non-hydrogen) atoms. The number of rotatable bonds is 7. The van der Waals surface area contributed by atoms with E-state index < -0.39 is 0 Å². The van der Waals surface area contributed by atoms with E-state index in [2.05, 4.69) is 31.0 Å². The summed E-state index contributed by atoms with van der Waals surface area (Å²) >= 11 is 4.83. The van der Waals surface area contributed by atoms with Gasteiger partial charge >= 0.3 is 0 Å². The molecule has 0 atom stereocenters. The van der Waals surface area contributed by atoms with E-state index in [1.165, 1.54) is 22.2 Å². The monoisotopic (exact) mass is 484 g/mol. The lowest BCUT2D eigenvalue weighted by atomic mass is 9.94. The number of thiophene rings is 1. The lowest BCUT2D eigenvalue weighted by Crippen LogP contribution is -2.31. The molecule has 0 spiro atoms. The highest BCUT2D eigenvalue weighted by Gasteiger charge is 2.31. The highest BCUT2D eigenvalue weighted by Crippen LogP contribution is 2.41. The predicted octanol–water partition coefficient (Wildman–Crippen LogP) is 5.67. The third-order valence-electron chi connectivity index (χ3n) is 5.38. The molecule has 0 radical (unpaired) electrons. The zero-order chi connectivity index (χ0) is 22.3. The second kappa shape index (κ2) is 8.78. The second-order valence-corrected chi connectivity index (χ2v) is 11.5. The molecule has 166 valence electrons. The summed E-state index contributed by atoms with van der Waals surface area (Å²) in [7, 11) is 0. The lowest BCUT2D eigenvalue weighted by Gasteiger charge is -2.30. The van der Waals surface area contributed by atoms with Gasteiger partial charge in [0.15, 0.2) is 21.7 Å². The van der Waals surface area contributed by atoms with Crippen LogP contribution in [0.5, 0.6) is 0 Å². The Labute approximate surface area is 199 Å². The fourth-order valence-corrected chi connectivity index (χ4v) is 6.70. The molecule has 9 heteroatoms. The number of ketones is 1. The van der Waals surface area contributed by atoms with E-state index >= 15 is 0 Å². The third-order valence-corrected chi connectivity index (χ3v) is 8.55. The van der Waals surface area contributed by atoms with Crippen LogP contribution in [0.3, 0.4) is 0 Å². The molecular formula is C23H24N4O2S3. The topological polar surface area (TPSA) is 69.4 Å². The molecule has 0 bridgehead atoms. The summed E-state index contributed by atoms with van der Waals surface area (Å²) in [6.07, 6.45) is 1.87. The predicted molar refractivity (Wildman–Crippen MR) is 131 cm³/mol. The van der Waals surface area contributed by atoms with Crippen molar-refractivity contribution in [3.63, 3.8) is 0 Å². The molecule has 0 N–H and O–H groups in total. The van der Waals surface area contributed by atoms with Crippen LogP contribution in [0.25, 0.3) is 15.9 Å². The first kappa shape index (κ1) is 21.9. The van der Waals surface area contributed by atoms with Gasteiger partial charge < -0.3 is 4.74 Å². The summed E-state index contributed by atoms with van der Waals surface area (Å²) in [4.78, 5) is 19.9. The minimum Gasteiger partial charge on any atom is -0.370 e. The van der Waals surface area contributed by atoms with Crippen LogP contribution < -0.4 is 0 Å². The van der Waals surface area contributed by atoms with Crippen LogP contribution in [-0.4, -0.2) is 42.5 Å². The van der Waals surface area contributed by atoms with Crippen LogP contribution in [0.4, 0.5) is 0 Å². The van der Waals surface area contributed by atoms with Gasteiger partial charge in [0, 0.05) is 22.6 Å². The third kappa shape index (κ3) is 4.07. The molecule has 0 saturated carbocycles. The molecule has 4 heterocycles. The van der Waals surface area contributed by atoms with Crippen molar-refractivity contribution >= 4 is 56.5 Å². The number of thioether (sulfide) groups is 2. The summed E-state index contributed by atoms with van der Waals surface area (Å²) in [6, 6.07) is 9.38. The van der Waals surface area contributed by atoms with Gasteiger partial charge in [-0.05, 0) is 25.8 Å². The standard InChI is InChI=1S/C23H24N4O2S3/c1-4-10-30-21-24-20-18(15-11-23(2,3)29-12-17(15)32-20)19-25-26-22(27(19)21)31-13-16(28)14-8-6-5-7-9-14/h5-9H,4,10-13H2,1-3H3. The highest BCUT2D eigenvalue weighted by atomic mass is 32.2. The fourth-order valence-electron chi connectivity index (χ4n) is 3.81. The number of hydrogen-bond acceptors (Lipinski definition) is 8. The summed E-state index contributed by atoms with van der Waals surface area (Å²) in [5, 5.41) is 11.7. The number of fused-ring (bicyclic) bond motifs is 5. The molecule has 6 nitrogen and oxygen atoms in total. The first-order valence-corrected chi connectivity index (χ1v) is 13.4. The molecular weight excluding hydrogens is 460 g/mol. The van der Waals surface area contributed by atoms with Crippen LogP contribution in [0.1, 0.15) is 48.0 Å². The van der Waals surface area contributed by atoms with Crippen LogP contribution in [0, 0.1) is 0 Å². The molecule has 5 rings (SSSR count). The van der Waals surface area contributed by atoms with Gasteiger partial charge in [-0.2, -0.15) is 0 Å². The van der Waals surface area contributed by atoms with Crippen molar-refractivity contribution in [3.05, 3.63) is 46.3 Å². The van der Waals surface area contributed by atoms with Crippen LogP contribution in [0.15, 0.2) is 40.6 Å². The minimum absolute atomic E-state index is 0.0796. The smallest absolute Gasteiger partial charge is 0.198 e. The Morgan fingerprint density at radius 3 is 2.78 bits per heavy atom. The average Bonchev–Trinajstić information content (AvgIpc) is 3.36. The van der Waals surface area contributed by atoms with Crippen molar-refractivity contribution in [2.45, 2.75) is 56.1 Å². The maximum absolute atomic E-state index is 12.7. The summed E-state index contributed by atoms with van der Waals surface area (Å²) < 4.78 is 8.08. The summed E-state index contributed by atoms with van der Waals surface area (Å²) in [5.74, 6) is 1.35. The van der Waals surface area contributed by atoms with E-state index in [1.54, 1.807) is 23.1 Å². The first-order chi connectivity index (χ1) is 15.5. The summed E-state index contributed by atoms with van der Waals surface area (Å²) in [5.41, 5.74) is 2.60. The lowest BCUT2D eigenvalue weighted by molar-refractivity contribution is -0.0379. The van der Waals surface area contributed by atoms with E-state index in [0.717, 1.165) is 39.6 Å². The number of carbonyl (C=O) groups is 1. The molecule has 1 aliphatic heterocycles. The number of hydrogen-bond donors (Lipinski definition) is 0. The molecule has 1 aliphatic rings. The maximum atomic E-state index is 12.7. The van der Waals surface area contributed by atoms with Crippen molar-refractivity contribution in [3.8, 4) is 0 Å². The molecule has 0 aliphatic carbocycles. The van der Waals surface area contributed by atoms with E-state index in [0.29, 0.717) is 23.1 Å². The number of Topliss-reactive ketones (excluding diaryl/α,β-unsaturated/α-hetero) is 1. The normalized spacial score (nSPS) is 15.3. The van der Waals surface area contributed by atoms with Crippen molar-refractivity contribution in [1.82, 2.24) is 19.6 Å². The van der Waals surface area contributed by atoms with Gasteiger partial charge in [0.2, 0.25) is 0 Å². The first-order valence-electron chi connectivity index (χ1n) is 10.6. The van der Waals surface area contributed by atoms with E-state index in [1.807, 2.05) is 34.7 Å². The van der Waals surface area contributed by atoms with Gasteiger partial charge in [-0.1, -0.05) is 60.8 Å². The Balaban J connectivity index is 1.57. The van der Waals surface area contributed by atoms with E-state index in [9.17, 15) is 4.79 Å². The Morgan fingerprint density at radius 2 is 2.00 bits per heavy atom. The van der Waals surface area contributed by atoms with Gasteiger partial charge in [-0.3, -0.25) is 4.79 Å². The van der Waals surface area contributed by atoms with E-state index in [4.69, 9.17) is 9.72 Å². The number of aromatic nitrogens is 4. The van der Waals surface area contributed by atoms with Gasteiger partial charge in [0.25, 0.3) is 0 Å². The number of benzene rings is 1. The van der Waals surface area contributed by atoms with Crippen molar-refractivity contribution in [2.24, 2.45) is 0 Å². The van der Waals surface area contributed by atoms with Gasteiger partial charge in [-0.25, -0.2) is 9.38 Å². The molecule has 0 amide bonds. The number of ether oxygens (including phenoxy) is 1. The zero-order valence-electron chi connectivity index (χ0n) is 18.3. The van der Waals surface area contributed by atoms with Gasteiger partial charge in [0.05, 0.1) is 23.3 Å². The molecule has 4 aromatic rings. The second-order valence-electron chi connectivity index (χ2n) is 8.37. The quantitative estimate of drug-likeness (QED) is 0.190. The fraction of sp³-hybridized carbons (Fsp3) is 0.391. The number of carbonyl (C=O) groups excluding carboxylic acids is 1. The van der Waals surface area contributed by atoms with Crippen molar-refractivity contribution in [2.75, 3.05) is 11.5 Å². The van der Waals surface area contributed by atoms with Gasteiger partial charge in [-0.15, -0.1) is 21.5 Å². The van der Waals surface area contributed by atoms with Gasteiger partial charge in [0.1, 0.15) is 4.83 Å². The molecule has 3 aromatic heterocycles. The Morgan fingerprint density at radius 1 is 1.19 bits per heavy atom. The molecule has 0 saturated heterocycles. The van der Waals surface area contributed by atoms with Crippen LogP contribution >= 0.6 is 34.9 Å². The molecule has 0 fully saturated rings. The van der Waals surface area contributed by atoms with E-state index in [-0.39, 0.29) is 11.4 Å². The van der Waals surface area contributed by atoms with Crippen molar-refractivity contribution in [1.29, 1.82) is 0 Å². The van der Waals surface area contributed by atoms with Crippen LogP contribution in [0.2, 0.25) is 0 Å². The average molecular weight is 485 g/mol. The van der Waals surface area contributed by atoms with Crippen LogP contribution in [-0.2, 0) is 17.8 Å². The highest BCUT2D eigenvalue weighted by molar-refractivity contribution is 8.00. The summed E-state index contributed by atoms with van der Waals surface area (Å²) in [6.45, 7) is 7.01. The Hall–Kier alpha value is -1.94.